The second-order valence-electron chi connectivity index (χ2n) is 7.69. The predicted octanol–water partition coefficient (Wildman–Crippen LogP) is 4.33. The van der Waals surface area contributed by atoms with Gasteiger partial charge in [0.1, 0.15) is 0 Å². The summed E-state index contributed by atoms with van der Waals surface area (Å²) in [5.74, 6) is -0.782. The largest absolute Gasteiger partial charge is 0.454 e. The highest BCUT2D eigenvalue weighted by Gasteiger charge is 2.20. The number of benzene rings is 1. The molecule has 1 aliphatic heterocycles. The van der Waals surface area contributed by atoms with E-state index in [1.54, 1.807) is 29.5 Å². The van der Waals surface area contributed by atoms with Crippen LogP contribution in [-0.4, -0.2) is 28.8 Å². The van der Waals surface area contributed by atoms with Crippen molar-refractivity contribution in [2.75, 3.05) is 11.9 Å². The number of nitrogens with zero attached hydrogens (tertiary/aromatic N) is 1. The number of fused-ring (bicyclic) bond motifs is 1. The van der Waals surface area contributed by atoms with Crippen LogP contribution >= 0.6 is 11.3 Å². The molecule has 2 aromatic heterocycles. The number of carbonyl (C=O) groups is 3. The number of hydrogen-bond donors (Lipinski definition) is 1. The number of carbonyl (C=O) groups excluding carboxylic acids is 3. The van der Waals surface area contributed by atoms with Crippen molar-refractivity contribution in [1.29, 1.82) is 0 Å². The second kappa shape index (κ2) is 8.89. The van der Waals surface area contributed by atoms with E-state index in [0.717, 1.165) is 35.6 Å². The number of aryl methyl sites for hydroxylation is 3. The topological polar surface area (TPSA) is 77.4 Å². The SMILES string of the molecule is Cc1cc(C(=O)COC(=O)c2ccc3c(c2)CCC(=O)N3)c(C)n1CCc1cccs1. The Morgan fingerprint density at radius 2 is 2.00 bits per heavy atom. The van der Waals surface area contributed by atoms with Crippen LogP contribution in [0.3, 0.4) is 0 Å². The molecule has 4 rings (SSSR count). The molecule has 6 nitrogen and oxygen atoms in total. The van der Waals surface area contributed by atoms with Gasteiger partial charge in [-0.2, -0.15) is 0 Å². The molecular formula is C24H24N2O4S. The van der Waals surface area contributed by atoms with Crippen LogP contribution in [0.5, 0.6) is 0 Å². The molecule has 0 bridgehead atoms. The van der Waals surface area contributed by atoms with Gasteiger partial charge in [-0.05, 0) is 68.0 Å². The standard InChI is InChI=1S/C24H24N2O4S/c1-15-12-20(16(2)26(15)10-9-19-4-3-11-31-19)22(27)14-30-24(29)18-5-7-21-17(13-18)6-8-23(28)25-21/h3-5,7,11-13H,6,8-10,14H2,1-2H3,(H,25,28). The van der Waals surface area contributed by atoms with Gasteiger partial charge >= 0.3 is 5.97 Å². The first-order chi connectivity index (χ1) is 14.9. The Labute approximate surface area is 184 Å². The number of Topliss-reactive ketones (excluding diaryl/α,β-unsaturated/α-hetero) is 1. The summed E-state index contributed by atoms with van der Waals surface area (Å²) in [7, 11) is 0. The van der Waals surface area contributed by atoms with E-state index in [1.165, 1.54) is 4.88 Å². The molecule has 0 aliphatic carbocycles. The van der Waals surface area contributed by atoms with Gasteiger partial charge in [0.15, 0.2) is 6.61 Å². The minimum atomic E-state index is -0.542. The molecule has 7 heteroatoms. The van der Waals surface area contributed by atoms with Crippen molar-refractivity contribution in [3.63, 3.8) is 0 Å². The van der Waals surface area contributed by atoms with E-state index < -0.39 is 5.97 Å². The van der Waals surface area contributed by atoms with E-state index in [-0.39, 0.29) is 18.3 Å². The van der Waals surface area contributed by atoms with Crippen LogP contribution in [-0.2, 0) is 28.9 Å². The molecule has 1 N–H and O–H groups in total. The highest BCUT2D eigenvalue weighted by molar-refractivity contribution is 7.09. The van der Waals surface area contributed by atoms with E-state index in [1.807, 2.05) is 26.0 Å². The average molecular weight is 437 g/mol. The molecule has 1 amide bonds. The molecule has 0 fully saturated rings. The van der Waals surface area contributed by atoms with Crippen LogP contribution < -0.4 is 5.32 Å². The fourth-order valence-corrected chi connectivity index (χ4v) is 4.61. The van der Waals surface area contributed by atoms with Crippen molar-refractivity contribution in [3.8, 4) is 0 Å². The van der Waals surface area contributed by atoms with Gasteiger partial charge < -0.3 is 14.6 Å². The van der Waals surface area contributed by atoms with E-state index >= 15 is 0 Å². The number of nitrogens with one attached hydrogen (secondary N) is 1. The van der Waals surface area contributed by atoms with Gasteiger partial charge in [-0.25, -0.2) is 4.79 Å². The van der Waals surface area contributed by atoms with Crippen LogP contribution in [0, 0.1) is 13.8 Å². The van der Waals surface area contributed by atoms with Crippen molar-refractivity contribution in [1.82, 2.24) is 4.57 Å². The van der Waals surface area contributed by atoms with Crippen LogP contribution in [0.1, 0.15) is 49.0 Å². The number of esters is 1. The quantitative estimate of drug-likeness (QED) is 0.442. The first-order valence-corrected chi connectivity index (χ1v) is 11.1. The maximum atomic E-state index is 12.7. The van der Waals surface area contributed by atoms with Crippen LogP contribution in [0.15, 0.2) is 41.8 Å². The Morgan fingerprint density at radius 1 is 1.16 bits per heavy atom. The molecular weight excluding hydrogens is 412 g/mol. The van der Waals surface area contributed by atoms with Gasteiger partial charge in [-0.15, -0.1) is 11.3 Å². The summed E-state index contributed by atoms with van der Waals surface area (Å²) in [6.45, 7) is 4.41. The minimum Gasteiger partial charge on any atom is -0.454 e. The number of thiophene rings is 1. The molecule has 3 aromatic rings. The molecule has 31 heavy (non-hydrogen) atoms. The lowest BCUT2D eigenvalue weighted by Crippen LogP contribution is -2.20. The van der Waals surface area contributed by atoms with Crippen molar-refractivity contribution in [3.05, 3.63) is 74.7 Å². The Hall–Kier alpha value is -3.19. The summed E-state index contributed by atoms with van der Waals surface area (Å²) < 4.78 is 7.43. The normalized spacial score (nSPS) is 12.9. The molecule has 0 spiro atoms. The minimum absolute atomic E-state index is 0.0265. The van der Waals surface area contributed by atoms with Gasteiger partial charge in [0, 0.05) is 40.5 Å². The third kappa shape index (κ3) is 4.61. The summed E-state index contributed by atoms with van der Waals surface area (Å²) in [6.07, 6.45) is 1.89. The molecule has 3 heterocycles. The Morgan fingerprint density at radius 3 is 2.77 bits per heavy atom. The summed E-state index contributed by atoms with van der Waals surface area (Å²) in [5.41, 5.74) is 4.49. The van der Waals surface area contributed by atoms with Crippen LogP contribution in [0.4, 0.5) is 5.69 Å². The average Bonchev–Trinajstić information content (AvgIpc) is 3.37. The third-order valence-corrected chi connectivity index (χ3v) is 6.54. The Kier molecular flexibility index (Phi) is 6.04. The van der Waals surface area contributed by atoms with Crippen molar-refractivity contribution in [2.45, 2.75) is 39.7 Å². The zero-order chi connectivity index (χ0) is 22.0. The number of hydrogen-bond acceptors (Lipinski definition) is 5. The number of rotatable bonds is 7. The summed E-state index contributed by atoms with van der Waals surface area (Å²) >= 11 is 1.73. The van der Waals surface area contributed by atoms with E-state index in [0.29, 0.717) is 24.0 Å². The number of aromatic nitrogens is 1. The maximum absolute atomic E-state index is 12.7. The van der Waals surface area contributed by atoms with Crippen LogP contribution in [0.25, 0.3) is 0 Å². The zero-order valence-electron chi connectivity index (χ0n) is 17.6. The second-order valence-corrected chi connectivity index (χ2v) is 8.72. The van der Waals surface area contributed by atoms with E-state index in [2.05, 4.69) is 21.3 Å². The molecule has 1 aliphatic rings. The summed E-state index contributed by atoms with van der Waals surface area (Å²) in [6, 6.07) is 11.0. The maximum Gasteiger partial charge on any atom is 0.338 e. The number of ketones is 1. The van der Waals surface area contributed by atoms with Crippen LogP contribution in [0.2, 0.25) is 0 Å². The summed E-state index contributed by atoms with van der Waals surface area (Å²) in [5, 5.41) is 4.85. The highest BCUT2D eigenvalue weighted by atomic mass is 32.1. The van der Waals surface area contributed by atoms with Gasteiger partial charge in [-0.1, -0.05) is 6.07 Å². The zero-order valence-corrected chi connectivity index (χ0v) is 18.4. The predicted molar refractivity (Wildman–Crippen MR) is 120 cm³/mol. The lowest BCUT2D eigenvalue weighted by Gasteiger charge is -2.17. The van der Waals surface area contributed by atoms with Crippen molar-refractivity contribution < 1.29 is 19.1 Å². The highest BCUT2D eigenvalue weighted by Crippen LogP contribution is 2.24. The summed E-state index contributed by atoms with van der Waals surface area (Å²) in [4.78, 5) is 38.0. The van der Waals surface area contributed by atoms with Crippen molar-refractivity contribution >= 4 is 34.7 Å². The number of amides is 1. The van der Waals surface area contributed by atoms with Gasteiger partial charge in [0.2, 0.25) is 11.7 Å². The molecule has 160 valence electrons. The van der Waals surface area contributed by atoms with Gasteiger partial charge in [-0.3, -0.25) is 9.59 Å². The first-order valence-electron chi connectivity index (χ1n) is 10.2. The fourth-order valence-electron chi connectivity index (χ4n) is 3.91. The number of anilines is 1. The Bertz CT molecular complexity index is 1140. The van der Waals surface area contributed by atoms with Gasteiger partial charge in [0.05, 0.1) is 5.56 Å². The molecule has 0 radical (unpaired) electrons. The molecule has 0 saturated carbocycles. The third-order valence-electron chi connectivity index (χ3n) is 5.61. The Balaban J connectivity index is 1.39. The lowest BCUT2D eigenvalue weighted by atomic mass is 10.0. The van der Waals surface area contributed by atoms with Crippen molar-refractivity contribution in [2.24, 2.45) is 0 Å². The molecule has 0 saturated heterocycles. The van der Waals surface area contributed by atoms with E-state index in [4.69, 9.17) is 4.74 Å². The molecule has 0 unspecified atom stereocenters. The monoisotopic (exact) mass is 436 g/mol. The van der Waals surface area contributed by atoms with Gasteiger partial charge in [0.25, 0.3) is 0 Å². The molecule has 0 atom stereocenters. The first kappa shape index (κ1) is 21.1. The lowest BCUT2D eigenvalue weighted by molar-refractivity contribution is -0.116. The number of ether oxygens (including phenoxy) is 1. The molecule has 1 aromatic carbocycles. The smallest absolute Gasteiger partial charge is 0.338 e. The fraction of sp³-hybridized carbons (Fsp3) is 0.292. The van der Waals surface area contributed by atoms with E-state index in [9.17, 15) is 14.4 Å².